The molecule has 0 radical (unpaired) electrons. The van der Waals surface area contributed by atoms with E-state index in [1.807, 2.05) is 19.1 Å². The summed E-state index contributed by atoms with van der Waals surface area (Å²) in [5.41, 5.74) is 7.22. The number of ether oxygens (including phenoxy) is 2. The first-order valence-corrected chi connectivity index (χ1v) is 5.88. The molecule has 1 unspecified atom stereocenters. The second-order valence-electron chi connectivity index (χ2n) is 4.21. The van der Waals surface area contributed by atoms with Crippen molar-refractivity contribution in [1.29, 1.82) is 0 Å². The van der Waals surface area contributed by atoms with Crippen LogP contribution in [0.2, 0.25) is 0 Å². The van der Waals surface area contributed by atoms with Gasteiger partial charge in [-0.3, -0.25) is 0 Å². The molecule has 19 heavy (non-hydrogen) atoms. The van der Waals surface area contributed by atoms with Gasteiger partial charge in [-0.15, -0.1) is 5.10 Å². The number of hydrogen-bond donors (Lipinski definition) is 1. The maximum Gasteiger partial charge on any atom is 0.182 e. The fourth-order valence-corrected chi connectivity index (χ4v) is 1.84. The maximum absolute atomic E-state index is 5.80. The highest BCUT2D eigenvalue weighted by Crippen LogP contribution is 2.28. The van der Waals surface area contributed by atoms with Crippen LogP contribution in [0.1, 0.15) is 13.0 Å². The topological polar surface area (TPSA) is 88.1 Å². The highest BCUT2D eigenvalue weighted by Gasteiger charge is 2.15. The molecule has 1 aromatic carbocycles. The summed E-state index contributed by atoms with van der Waals surface area (Å²) >= 11 is 0. The minimum atomic E-state index is 0.0403. The average Bonchev–Trinajstić information content (AvgIpc) is 2.89. The number of tetrazole rings is 1. The molecule has 0 aliphatic carbocycles. The molecule has 0 aliphatic heterocycles. The van der Waals surface area contributed by atoms with Gasteiger partial charge < -0.3 is 15.2 Å². The molecule has 7 heteroatoms. The monoisotopic (exact) mass is 263 g/mol. The minimum absolute atomic E-state index is 0.0403. The molecule has 1 heterocycles. The van der Waals surface area contributed by atoms with E-state index in [2.05, 4.69) is 15.5 Å². The fraction of sp³-hybridized carbons (Fsp3) is 0.417. The number of nitrogen functional groups attached to an aromatic ring is 1. The summed E-state index contributed by atoms with van der Waals surface area (Å²) in [7, 11) is 3.22. The van der Waals surface area contributed by atoms with Crippen molar-refractivity contribution in [2.24, 2.45) is 0 Å². The van der Waals surface area contributed by atoms with E-state index in [1.165, 1.54) is 0 Å². The summed E-state index contributed by atoms with van der Waals surface area (Å²) in [6.07, 6.45) is 0. The van der Waals surface area contributed by atoms with E-state index < -0.39 is 0 Å². The number of hydrogen-bond acceptors (Lipinski definition) is 6. The summed E-state index contributed by atoms with van der Waals surface area (Å²) in [6.45, 7) is 2.52. The van der Waals surface area contributed by atoms with Crippen LogP contribution in [-0.4, -0.2) is 41.0 Å². The normalized spacial score (nSPS) is 12.4. The summed E-state index contributed by atoms with van der Waals surface area (Å²) < 4.78 is 12.0. The van der Waals surface area contributed by atoms with Crippen molar-refractivity contribution in [3.63, 3.8) is 0 Å². The average molecular weight is 263 g/mol. The number of rotatable bonds is 5. The Morgan fingerprint density at radius 2 is 2.16 bits per heavy atom. The molecular weight excluding hydrogens is 246 g/mol. The van der Waals surface area contributed by atoms with Crippen LogP contribution in [0.5, 0.6) is 5.75 Å². The number of benzene rings is 1. The number of methoxy groups -OCH3 is 2. The Kier molecular flexibility index (Phi) is 3.96. The van der Waals surface area contributed by atoms with Crippen LogP contribution in [-0.2, 0) is 4.74 Å². The van der Waals surface area contributed by atoms with Crippen LogP contribution < -0.4 is 10.5 Å². The highest BCUT2D eigenvalue weighted by atomic mass is 16.5. The zero-order valence-corrected chi connectivity index (χ0v) is 11.2. The van der Waals surface area contributed by atoms with Gasteiger partial charge in [0.25, 0.3) is 0 Å². The standard InChI is InChI=1S/C12H17N5O2/c1-8(7-18-2)17-12(14-15-16-17)9-4-5-10(13)11(6-9)19-3/h4-6,8H,7,13H2,1-3H3. The van der Waals surface area contributed by atoms with Gasteiger partial charge in [-0.05, 0) is 35.5 Å². The molecule has 2 rings (SSSR count). The predicted octanol–water partition coefficient (Wildman–Crippen LogP) is 1.14. The third kappa shape index (κ3) is 2.65. The third-order valence-electron chi connectivity index (χ3n) is 2.81. The van der Waals surface area contributed by atoms with Gasteiger partial charge in [0.05, 0.1) is 25.4 Å². The second-order valence-corrected chi connectivity index (χ2v) is 4.21. The third-order valence-corrected chi connectivity index (χ3v) is 2.81. The van der Waals surface area contributed by atoms with E-state index >= 15 is 0 Å². The first kappa shape index (κ1) is 13.3. The Bertz CT molecular complexity index is 555. The van der Waals surface area contributed by atoms with E-state index in [0.29, 0.717) is 23.9 Å². The van der Waals surface area contributed by atoms with E-state index in [9.17, 15) is 0 Å². The van der Waals surface area contributed by atoms with Gasteiger partial charge in [-0.25, -0.2) is 4.68 Å². The van der Waals surface area contributed by atoms with Crippen LogP contribution in [0.4, 0.5) is 5.69 Å². The Hall–Kier alpha value is -2.15. The summed E-state index contributed by atoms with van der Waals surface area (Å²) in [5.74, 6) is 1.26. The van der Waals surface area contributed by atoms with Gasteiger partial charge in [-0.1, -0.05) is 0 Å². The molecule has 0 fully saturated rings. The van der Waals surface area contributed by atoms with E-state index in [-0.39, 0.29) is 6.04 Å². The lowest BCUT2D eigenvalue weighted by atomic mass is 10.1. The first-order valence-electron chi connectivity index (χ1n) is 5.88. The van der Waals surface area contributed by atoms with Crippen molar-refractivity contribution in [3.05, 3.63) is 18.2 Å². The molecule has 0 saturated heterocycles. The van der Waals surface area contributed by atoms with E-state index in [4.69, 9.17) is 15.2 Å². The first-order chi connectivity index (χ1) is 9.17. The molecule has 2 aromatic rings. The summed E-state index contributed by atoms with van der Waals surface area (Å²) in [4.78, 5) is 0. The molecule has 1 atom stereocenters. The van der Waals surface area contributed by atoms with Crippen molar-refractivity contribution >= 4 is 5.69 Å². The van der Waals surface area contributed by atoms with Gasteiger partial charge >= 0.3 is 0 Å². The smallest absolute Gasteiger partial charge is 0.182 e. The van der Waals surface area contributed by atoms with Gasteiger partial charge in [0.2, 0.25) is 0 Å². The van der Waals surface area contributed by atoms with Gasteiger partial charge in [0.15, 0.2) is 5.82 Å². The molecule has 0 saturated carbocycles. The minimum Gasteiger partial charge on any atom is -0.495 e. The van der Waals surface area contributed by atoms with Gasteiger partial charge in [-0.2, -0.15) is 0 Å². The summed E-state index contributed by atoms with van der Waals surface area (Å²) in [5, 5.41) is 11.8. The van der Waals surface area contributed by atoms with Crippen molar-refractivity contribution in [3.8, 4) is 17.1 Å². The van der Waals surface area contributed by atoms with Crippen molar-refractivity contribution in [1.82, 2.24) is 20.2 Å². The Balaban J connectivity index is 2.39. The quantitative estimate of drug-likeness (QED) is 0.814. The molecule has 1 aromatic heterocycles. The lowest BCUT2D eigenvalue weighted by Gasteiger charge is -2.13. The van der Waals surface area contributed by atoms with Crippen LogP contribution in [0.15, 0.2) is 18.2 Å². The number of anilines is 1. The lowest BCUT2D eigenvalue weighted by molar-refractivity contribution is 0.156. The highest BCUT2D eigenvalue weighted by molar-refractivity contribution is 5.65. The second kappa shape index (κ2) is 5.66. The van der Waals surface area contributed by atoms with Gasteiger partial charge in [0.1, 0.15) is 5.75 Å². The maximum atomic E-state index is 5.80. The lowest BCUT2D eigenvalue weighted by Crippen LogP contribution is -2.14. The van der Waals surface area contributed by atoms with E-state index in [0.717, 1.165) is 5.56 Å². The van der Waals surface area contributed by atoms with Crippen LogP contribution in [0.25, 0.3) is 11.4 Å². The molecule has 0 spiro atoms. The Morgan fingerprint density at radius 1 is 1.37 bits per heavy atom. The SMILES string of the molecule is COCC(C)n1nnnc1-c1ccc(N)c(OC)c1. The molecule has 7 nitrogen and oxygen atoms in total. The van der Waals surface area contributed by atoms with E-state index in [1.54, 1.807) is 25.0 Å². The number of aromatic nitrogens is 4. The molecule has 0 bridgehead atoms. The number of nitrogens with two attached hydrogens (primary N) is 1. The molecule has 102 valence electrons. The molecular formula is C12H17N5O2. The van der Waals surface area contributed by atoms with Crippen molar-refractivity contribution in [2.45, 2.75) is 13.0 Å². The van der Waals surface area contributed by atoms with Crippen LogP contribution in [0, 0.1) is 0 Å². The van der Waals surface area contributed by atoms with Gasteiger partial charge in [0, 0.05) is 12.7 Å². The number of nitrogens with zero attached hydrogens (tertiary/aromatic N) is 4. The Labute approximate surface area is 111 Å². The molecule has 2 N–H and O–H groups in total. The molecule has 0 aliphatic rings. The largest absolute Gasteiger partial charge is 0.495 e. The fourth-order valence-electron chi connectivity index (χ4n) is 1.84. The Morgan fingerprint density at radius 3 is 2.84 bits per heavy atom. The van der Waals surface area contributed by atoms with Crippen LogP contribution in [0.3, 0.4) is 0 Å². The zero-order valence-electron chi connectivity index (χ0n) is 11.2. The summed E-state index contributed by atoms with van der Waals surface area (Å²) in [6, 6.07) is 5.49. The van der Waals surface area contributed by atoms with Crippen LogP contribution >= 0.6 is 0 Å². The molecule has 0 amide bonds. The van der Waals surface area contributed by atoms with Crippen molar-refractivity contribution in [2.75, 3.05) is 26.6 Å². The predicted molar refractivity (Wildman–Crippen MR) is 70.8 cm³/mol. The zero-order chi connectivity index (χ0) is 13.8. The van der Waals surface area contributed by atoms with Crippen molar-refractivity contribution < 1.29 is 9.47 Å².